The Balaban J connectivity index is 0.00000264. The third-order valence-corrected chi connectivity index (χ3v) is 5.11. The molecule has 2 atom stereocenters. The van der Waals surface area contributed by atoms with Gasteiger partial charge in [0.25, 0.3) is 0 Å². The molecule has 0 bridgehead atoms. The molecule has 2 rings (SSSR count). The molecule has 7 heteroatoms. The lowest BCUT2D eigenvalue weighted by Crippen LogP contribution is -2.43. The summed E-state index contributed by atoms with van der Waals surface area (Å²) in [6, 6.07) is 7.92. The van der Waals surface area contributed by atoms with Gasteiger partial charge >= 0.3 is 0 Å². The molecule has 0 aromatic heterocycles. The molecule has 2 N–H and O–H groups in total. The molecule has 1 aromatic carbocycles. The molecule has 1 aliphatic carbocycles. The second kappa shape index (κ2) is 11.3. The van der Waals surface area contributed by atoms with Crippen molar-refractivity contribution < 1.29 is 4.74 Å². The fourth-order valence-electron chi connectivity index (χ4n) is 2.54. The number of ether oxygens (including phenoxy) is 1. The maximum atomic E-state index is 5.84. The Morgan fingerprint density at radius 1 is 1.35 bits per heavy atom. The molecule has 0 radical (unpaired) electrons. The summed E-state index contributed by atoms with van der Waals surface area (Å²) < 4.78 is 5.65. The SMILES string of the molecule is CN=C(NCCOc1ccc(Cl)cc1)NC1CCC(SC)C1.I. The van der Waals surface area contributed by atoms with E-state index in [1.54, 1.807) is 7.05 Å². The van der Waals surface area contributed by atoms with E-state index in [0.29, 0.717) is 19.2 Å². The molecule has 1 saturated carbocycles. The van der Waals surface area contributed by atoms with Crippen molar-refractivity contribution in [3.63, 3.8) is 0 Å². The summed E-state index contributed by atoms with van der Waals surface area (Å²) in [5.41, 5.74) is 0. The normalized spacial score (nSPS) is 20.7. The number of rotatable bonds is 6. The van der Waals surface area contributed by atoms with Crippen LogP contribution in [0.5, 0.6) is 5.75 Å². The first-order valence-corrected chi connectivity index (χ1v) is 9.26. The minimum atomic E-state index is 0. The van der Waals surface area contributed by atoms with E-state index in [-0.39, 0.29) is 24.0 Å². The van der Waals surface area contributed by atoms with Crippen molar-refractivity contribution in [1.82, 2.24) is 10.6 Å². The van der Waals surface area contributed by atoms with E-state index in [9.17, 15) is 0 Å². The summed E-state index contributed by atoms with van der Waals surface area (Å²) in [5, 5.41) is 8.28. The first-order valence-electron chi connectivity index (χ1n) is 7.59. The van der Waals surface area contributed by atoms with Gasteiger partial charge in [-0.2, -0.15) is 11.8 Å². The predicted octanol–water partition coefficient (Wildman–Crippen LogP) is 3.79. The van der Waals surface area contributed by atoms with Gasteiger partial charge in [0.15, 0.2) is 5.96 Å². The molecule has 1 fully saturated rings. The van der Waals surface area contributed by atoms with E-state index in [1.165, 1.54) is 19.3 Å². The number of thioether (sulfide) groups is 1. The van der Waals surface area contributed by atoms with E-state index in [4.69, 9.17) is 16.3 Å². The van der Waals surface area contributed by atoms with Crippen LogP contribution in [0.15, 0.2) is 29.3 Å². The number of nitrogens with zero attached hydrogens (tertiary/aromatic N) is 1. The van der Waals surface area contributed by atoms with Crippen LogP contribution in [0, 0.1) is 0 Å². The van der Waals surface area contributed by atoms with Gasteiger partial charge in [-0.1, -0.05) is 11.6 Å². The molecule has 2 unspecified atom stereocenters. The number of hydrogen-bond acceptors (Lipinski definition) is 3. The zero-order valence-electron chi connectivity index (χ0n) is 13.5. The van der Waals surface area contributed by atoms with Crippen molar-refractivity contribution in [3.05, 3.63) is 29.3 Å². The minimum absolute atomic E-state index is 0. The minimum Gasteiger partial charge on any atom is -0.492 e. The first kappa shape index (κ1) is 20.7. The van der Waals surface area contributed by atoms with Crippen LogP contribution in [0.1, 0.15) is 19.3 Å². The molecule has 0 heterocycles. The van der Waals surface area contributed by atoms with Gasteiger partial charge in [-0.15, -0.1) is 24.0 Å². The summed E-state index contributed by atoms with van der Waals surface area (Å²) in [6.07, 6.45) is 5.90. The lowest BCUT2D eigenvalue weighted by atomic mass is 10.2. The van der Waals surface area contributed by atoms with Gasteiger partial charge in [0.05, 0.1) is 6.54 Å². The highest BCUT2D eigenvalue weighted by molar-refractivity contribution is 14.0. The molecular weight excluding hydrogens is 445 g/mol. The standard InChI is InChI=1S/C16H24ClN3OS.HI/c1-18-16(20-13-5-8-15(11-13)22-2)19-9-10-21-14-6-3-12(17)4-7-14;/h3-4,6-7,13,15H,5,8-11H2,1-2H3,(H2,18,19,20);1H. The topological polar surface area (TPSA) is 45.7 Å². The average Bonchev–Trinajstić information content (AvgIpc) is 2.99. The fraction of sp³-hybridized carbons (Fsp3) is 0.562. The highest BCUT2D eigenvalue weighted by Crippen LogP contribution is 2.27. The Hall–Kier alpha value is -0.340. The quantitative estimate of drug-likeness (QED) is 0.288. The molecule has 0 saturated heterocycles. The van der Waals surface area contributed by atoms with Crippen molar-refractivity contribution in [2.75, 3.05) is 26.5 Å². The fourth-order valence-corrected chi connectivity index (χ4v) is 3.46. The third kappa shape index (κ3) is 7.39. The van der Waals surface area contributed by atoms with Crippen LogP contribution < -0.4 is 15.4 Å². The number of benzene rings is 1. The number of hydrogen-bond donors (Lipinski definition) is 2. The van der Waals surface area contributed by atoms with Crippen molar-refractivity contribution in [2.24, 2.45) is 4.99 Å². The van der Waals surface area contributed by atoms with Crippen molar-refractivity contribution >= 4 is 53.3 Å². The van der Waals surface area contributed by atoms with Crippen LogP contribution >= 0.6 is 47.3 Å². The summed E-state index contributed by atoms with van der Waals surface area (Å²) in [6.45, 7) is 1.29. The van der Waals surface area contributed by atoms with Crippen LogP contribution in [0.25, 0.3) is 0 Å². The van der Waals surface area contributed by atoms with Gasteiger partial charge in [-0.05, 0) is 49.8 Å². The predicted molar refractivity (Wildman–Crippen MR) is 112 cm³/mol. The van der Waals surface area contributed by atoms with Crippen molar-refractivity contribution in [1.29, 1.82) is 0 Å². The highest BCUT2D eigenvalue weighted by Gasteiger charge is 2.24. The zero-order chi connectivity index (χ0) is 15.8. The Kier molecular flexibility index (Phi) is 10.1. The summed E-state index contributed by atoms with van der Waals surface area (Å²) in [7, 11) is 1.80. The van der Waals surface area contributed by atoms with E-state index < -0.39 is 0 Å². The van der Waals surface area contributed by atoms with Crippen LogP contribution in [0.3, 0.4) is 0 Å². The van der Waals surface area contributed by atoms with Gasteiger partial charge < -0.3 is 15.4 Å². The molecular formula is C16H25ClIN3OS. The molecule has 4 nitrogen and oxygen atoms in total. The van der Waals surface area contributed by atoms with Gasteiger partial charge in [0.2, 0.25) is 0 Å². The van der Waals surface area contributed by atoms with Gasteiger partial charge in [0.1, 0.15) is 12.4 Å². The van der Waals surface area contributed by atoms with E-state index in [1.807, 2.05) is 36.0 Å². The smallest absolute Gasteiger partial charge is 0.191 e. The molecule has 1 aliphatic rings. The van der Waals surface area contributed by atoms with E-state index in [2.05, 4.69) is 21.9 Å². The number of guanidine groups is 1. The number of nitrogens with one attached hydrogen (secondary N) is 2. The maximum Gasteiger partial charge on any atom is 0.191 e. The molecule has 23 heavy (non-hydrogen) atoms. The monoisotopic (exact) mass is 469 g/mol. The summed E-state index contributed by atoms with van der Waals surface area (Å²) in [5.74, 6) is 1.68. The van der Waals surface area contributed by atoms with Crippen LogP contribution in [0.2, 0.25) is 5.02 Å². The molecule has 0 aliphatic heterocycles. The maximum absolute atomic E-state index is 5.84. The van der Waals surface area contributed by atoms with Gasteiger partial charge in [-0.25, -0.2) is 0 Å². The first-order chi connectivity index (χ1) is 10.7. The summed E-state index contributed by atoms with van der Waals surface area (Å²) >= 11 is 7.80. The largest absolute Gasteiger partial charge is 0.492 e. The van der Waals surface area contributed by atoms with Crippen LogP contribution in [-0.2, 0) is 0 Å². The molecule has 0 amide bonds. The Bertz CT molecular complexity index is 487. The molecule has 1 aromatic rings. The highest BCUT2D eigenvalue weighted by atomic mass is 127. The van der Waals surface area contributed by atoms with Crippen LogP contribution in [0.4, 0.5) is 0 Å². The molecule has 130 valence electrons. The number of halogens is 2. The van der Waals surface area contributed by atoms with E-state index >= 15 is 0 Å². The van der Waals surface area contributed by atoms with Crippen molar-refractivity contribution in [3.8, 4) is 5.75 Å². The van der Waals surface area contributed by atoms with Gasteiger partial charge in [-0.3, -0.25) is 4.99 Å². The summed E-state index contributed by atoms with van der Waals surface area (Å²) in [4.78, 5) is 4.27. The second-order valence-corrected chi connectivity index (χ2v) is 6.89. The Labute approximate surface area is 165 Å². The second-order valence-electron chi connectivity index (χ2n) is 5.31. The third-order valence-electron chi connectivity index (χ3n) is 3.76. The lowest BCUT2D eigenvalue weighted by Gasteiger charge is -2.17. The Morgan fingerprint density at radius 3 is 2.70 bits per heavy atom. The van der Waals surface area contributed by atoms with Crippen molar-refractivity contribution in [2.45, 2.75) is 30.6 Å². The van der Waals surface area contributed by atoms with Gasteiger partial charge in [0, 0.05) is 23.4 Å². The van der Waals surface area contributed by atoms with E-state index in [0.717, 1.165) is 22.0 Å². The molecule has 0 spiro atoms. The average molecular weight is 470 g/mol. The number of aliphatic imine (C=N–C) groups is 1. The lowest BCUT2D eigenvalue weighted by molar-refractivity contribution is 0.321. The zero-order valence-corrected chi connectivity index (χ0v) is 17.5. The Morgan fingerprint density at radius 2 is 2.09 bits per heavy atom. The van der Waals surface area contributed by atoms with Crippen LogP contribution in [-0.4, -0.2) is 43.7 Å².